The first-order valence-electron chi connectivity index (χ1n) is 15.4. The quantitative estimate of drug-likeness (QED) is 0.212. The number of aromatic nitrogens is 5. The number of ether oxygens (including phenoxy) is 3. The van der Waals surface area contributed by atoms with Gasteiger partial charge in [0.15, 0.2) is 0 Å². The number of aryl methyl sites for hydroxylation is 1. The highest BCUT2D eigenvalue weighted by molar-refractivity contribution is 5.77. The van der Waals surface area contributed by atoms with Crippen molar-refractivity contribution in [3.63, 3.8) is 0 Å². The van der Waals surface area contributed by atoms with Gasteiger partial charge in [0, 0.05) is 36.0 Å². The third kappa shape index (κ3) is 6.05. The van der Waals surface area contributed by atoms with E-state index in [1.165, 1.54) is 18.2 Å². The second-order valence-electron chi connectivity index (χ2n) is 11.9. The number of methoxy groups -OCH3 is 1. The molecule has 10 nitrogen and oxygen atoms in total. The summed E-state index contributed by atoms with van der Waals surface area (Å²) in [4.78, 5) is 24.2. The van der Waals surface area contributed by atoms with Gasteiger partial charge < -0.3 is 18.8 Å². The van der Waals surface area contributed by atoms with Crippen LogP contribution in [0.5, 0.6) is 5.88 Å². The zero-order chi connectivity index (χ0) is 30.0. The van der Waals surface area contributed by atoms with E-state index in [2.05, 4.69) is 45.8 Å². The molecule has 7 rings (SSSR count). The van der Waals surface area contributed by atoms with E-state index in [1.807, 2.05) is 36.5 Å². The van der Waals surface area contributed by atoms with Gasteiger partial charge in [-0.15, -0.1) is 0 Å². The fourth-order valence-electron chi connectivity index (χ4n) is 6.27. The van der Waals surface area contributed by atoms with Crippen LogP contribution in [0.1, 0.15) is 53.5 Å². The van der Waals surface area contributed by atoms with Gasteiger partial charge in [-0.25, -0.2) is 14.5 Å². The van der Waals surface area contributed by atoms with Crippen LogP contribution in [-0.2, 0) is 40.4 Å². The molecule has 0 saturated carbocycles. The van der Waals surface area contributed by atoms with Crippen molar-refractivity contribution in [1.29, 1.82) is 0 Å². The van der Waals surface area contributed by atoms with Gasteiger partial charge in [0.25, 0.3) is 0 Å². The topological polar surface area (TPSA) is 96.0 Å². The summed E-state index contributed by atoms with van der Waals surface area (Å²) in [6, 6.07) is 18.4. The average Bonchev–Trinajstić information content (AvgIpc) is 3.58. The molecule has 0 aliphatic carbocycles. The molecule has 0 radical (unpaired) electrons. The van der Waals surface area contributed by atoms with Crippen molar-refractivity contribution in [2.45, 2.75) is 64.3 Å². The second kappa shape index (κ2) is 12.4. The third-order valence-electron chi connectivity index (χ3n) is 8.85. The monoisotopic (exact) mass is 594 g/mol. The van der Waals surface area contributed by atoms with E-state index in [0.29, 0.717) is 24.1 Å². The Labute approximate surface area is 256 Å². The smallest absolute Gasteiger partial charge is 0.311 e. The lowest BCUT2D eigenvalue weighted by molar-refractivity contribution is -0.139. The van der Waals surface area contributed by atoms with Gasteiger partial charge in [-0.05, 0) is 75.2 Å². The fourth-order valence-corrected chi connectivity index (χ4v) is 6.27. The Bertz CT molecular complexity index is 1780. The zero-order valence-electron chi connectivity index (χ0n) is 25.3. The van der Waals surface area contributed by atoms with Crippen LogP contribution in [0.2, 0.25) is 0 Å². The van der Waals surface area contributed by atoms with Gasteiger partial charge in [0.2, 0.25) is 5.88 Å². The van der Waals surface area contributed by atoms with Gasteiger partial charge in [-0.2, -0.15) is 5.10 Å². The Morgan fingerprint density at radius 1 is 1.02 bits per heavy atom. The molecule has 0 amide bonds. The normalized spacial score (nSPS) is 17.6. The van der Waals surface area contributed by atoms with Crippen molar-refractivity contribution in [2.75, 3.05) is 26.8 Å². The third-order valence-corrected chi connectivity index (χ3v) is 8.85. The molecular weight excluding hydrogens is 556 g/mol. The molecule has 0 N–H and O–H groups in total. The van der Waals surface area contributed by atoms with Crippen LogP contribution >= 0.6 is 0 Å². The molecule has 228 valence electrons. The van der Waals surface area contributed by atoms with Crippen molar-refractivity contribution < 1.29 is 19.0 Å². The molecule has 5 aromatic rings. The van der Waals surface area contributed by atoms with E-state index in [4.69, 9.17) is 24.2 Å². The first-order valence-corrected chi connectivity index (χ1v) is 15.4. The number of esters is 1. The standard InChI is InChI=1S/C34H38N6O4/c1-23-8-9-29-31(17-23)39(20-27-12-16-43-27)32(35-29)21-38-14-10-24(11-15-38)28-6-3-7-33(36-28)44-22-25-5-4-13-40-30(25)18-26(37-40)19-34(41)42-2/h3-9,13,17-18,24,27H,10-12,14-16,19-22H2,1-2H3. The molecule has 6 heterocycles. The first-order chi connectivity index (χ1) is 21.5. The number of hydrogen-bond acceptors (Lipinski definition) is 8. The lowest BCUT2D eigenvalue weighted by Gasteiger charge is -2.32. The summed E-state index contributed by atoms with van der Waals surface area (Å²) in [5.41, 5.74) is 7.14. The van der Waals surface area contributed by atoms with Crippen LogP contribution in [0.3, 0.4) is 0 Å². The maximum Gasteiger partial charge on any atom is 0.311 e. The molecule has 0 bridgehead atoms. The van der Waals surface area contributed by atoms with Crippen molar-refractivity contribution in [1.82, 2.24) is 29.0 Å². The summed E-state index contributed by atoms with van der Waals surface area (Å²) in [5, 5.41) is 4.49. The number of carbonyl (C=O) groups is 1. The largest absolute Gasteiger partial charge is 0.473 e. The number of pyridine rings is 2. The predicted molar refractivity (Wildman–Crippen MR) is 166 cm³/mol. The van der Waals surface area contributed by atoms with Crippen LogP contribution in [0.4, 0.5) is 0 Å². The Balaban J connectivity index is 0.985. The molecule has 1 atom stereocenters. The molecule has 0 spiro atoms. The number of likely N-dealkylation sites (tertiary alicyclic amines) is 1. The highest BCUT2D eigenvalue weighted by atomic mass is 16.5. The minimum Gasteiger partial charge on any atom is -0.473 e. The van der Waals surface area contributed by atoms with E-state index < -0.39 is 0 Å². The van der Waals surface area contributed by atoms with Gasteiger partial charge in [-0.1, -0.05) is 18.2 Å². The van der Waals surface area contributed by atoms with Gasteiger partial charge in [0.05, 0.1) is 55.0 Å². The minimum atomic E-state index is -0.313. The zero-order valence-corrected chi connectivity index (χ0v) is 25.3. The van der Waals surface area contributed by atoms with Crippen molar-refractivity contribution in [3.05, 3.63) is 89.1 Å². The lowest BCUT2D eigenvalue weighted by atomic mass is 9.93. The number of fused-ring (bicyclic) bond motifs is 2. The number of benzene rings is 1. The van der Waals surface area contributed by atoms with Crippen molar-refractivity contribution in [3.8, 4) is 5.88 Å². The number of rotatable bonds is 10. The molecule has 10 heteroatoms. The number of nitrogens with zero attached hydrogens (tertiary/aromatic N) is 6. The summed E-state index contributed by atoms with van der Waals surface area (Å²) in [6.45, 7) is 7.06. The van der Waals surface area contributed by atoms with E-state index in [9.17, 15) is 4.79 Å². The maximum atomic E-state index is 11.7. The van der Waals surface area contributed by atoms with Crippen molar-refractivity contribution in [2.24, 2.45) is 0 Å². The van der Waals surface area contributed by atoms with Crippen molar-refractivity contribution >= 4 is 22.5 Å². The number of piperidine rings is 1. The Morgan fingerprint density at radius 2 is 1.89 bits per heavy atom. The Hall–Kier alpha value is -4.28. The SMILES string of the molecule is COC(=O)Cc1cc2c(COc3cccc(C4CCN(Cc5nc6ccc(C)cc6n5CC5CCO5)CC4)n3)cccn2n1. The van der Waals surface area contributed by atoms with Crippen LogP contribution in [0.25, 0.3) is 16.6 Å². The maximum absolute atomic E-state index is 11.7. The highest BCUT2D eigenvalue weighted by Gasteiger charge is 2.26. The van der Waals surface area contributed by atoms with Gasteiger partial charge in [-0.3, -0.25) is 9.69 Å². The van der Waals surface area contributed by atoms with Gasteiger partial charge in [0.1, 0.15) is 12.4 Å². The lowest BCUT2D eigenvalue weighted by Crippen LogP contribution is -2.35. The molecule has 2 saturated heterocycles. The van der Waals surface area contributed by atoms with Crippen LogP contribution in [0.15, 0.2) is 60.8 Å². The summed E-state index contributed by atoms with van der Waals surface area (Å²) in [5.74, 6) is 1.81. The predicted octanol–water partition coefficient (Wildman–Crippen LogP) is 4.85. The average molecular weight is 595 g/mol. The molecule has 44 heavy (non-hydrogen) atoms. The summed E-state index contributed by atoms with van der Waals surface area (Å²) >= 11 is 0. The van der Waals surface area contributed by atoms with Crippen LogP contribution in [-0.4, -0.2) is 67.9 Å². The highest BCUT2D eigenvalue weighted by Crippen LogP contribution is 2.30. The van der Waals surface area contributed by atoms with E-state index >= 15 is 0 Å². The Morgan fingerprint density at radius 3 is 2.68 bits per heavy atom. The minimum absolute atomic E-state index is 0.135. The molecule has 2 fully saturated rings. The summed E-state index contributed by atoms with van der Waals surface area (Å²) in [7, 11) is 1.38. The first kappa shape index (κ1) is 28.5. The number of imidazole rings is 1. The molecule has 4 aromatic heterocycles. The van der Waals surface area contributed by atoms with Crippen LogP contribution in [0, 0.1) is 6.92 Å². The Kier molecular flexibility index (Phi) is 8.01. The van der Waals surface area contributed by atoms with E-state index in [1.54, 1.807) is 4.52 Å². The summed E-state index contributed by atoms with van der Waals surface area (Å²) in [6.07, 6.45) is 5.48. The van der Waals surface area contributed by atoms with E-state index in [-0.39, 0.29) is 18.5 Å². The number of hydrogen-bond donors (Lipinski definition) is 0. The van der Waals surface area contributed by atoms with E-state index in [0.717, 1.165) is 80.2 Å². The molecule has 2 aliphatic rings. The summed E-state index contributed by atoms with van der Waals surface area (Å²) < 4.78 is 20.9. The number of carbonyl (C=O) groups excluding carboxylic acids is 1. The molecular formula is C34H38N6O4. The fraction of sp³-hybridized carbons (Fsp3) is 0.412. The van der Waals surface area contributed by atoms with Crippen LogP contribution < -0.4 is 4.74 Å². The van der Waals surface area contributed by atoms with Gasteiger partial charge >= 0.3 is 5.97 Å². The second-order valence-corrected chi connectivity index (χ2v) is 11.9. The molecule has 1 unspecified atom stereocenters. The molecule has 2 aliphatic heterocycles. The molecule has 1 aromatic carbocycles.